The minimum absolute atomic E-state index is 0.0563. The normalized spacial score (nSPS) is 12.8. The predicted molar refractivity (Wildman–Crippen MR) is 57.9 cm³/mol. The molecule has 0 amide bonds. The number of carbonyl (C=O) groups excluding carboxylic acids is 1. The number of hydrogen-bond acceptors (Lipinski definition) is 5. The zero-order valence-electron chi connectivity index (χ0n) is 9.39. The van der Waals surface area contributed by atoms with Crippen LogP contribution in [0.15, 0.2) is 0 Å². The summed E-state index contributed by atoms with van der Waals surface area (Å²) in [4.78, 5) is 10.7. The van der Waals surface area contributed by atoms with Gasteiger partial charge in [-0.3, -0.25) is 4.79 Å². The van der Waals surface area contributed by atoms with Crippen molar-refractivity contribution in [3.63, 3.8) is 0 Å². The van der Waals surface area contributed by atoms with Crippen molar-refractivity contribution in [2.75, 3.05) is 12.9 Å². The van der Waals surface area contributed by atoms with E-state index in [9.17, 15) is 13.2 Å². The van der Waals surface area contributed by atoms with Crippen LogP contribution < -0.4 is 4.72 Å². The van der Waals surface area contributed by atoms with E-state index in [1.54, 1.807) is 6.92 Å². The molecule has 0 heterocycles. The molecule has 0 spiro atoms. The molecule has 0 rings (SSSR count). The minimum atomic E-state index is -3.49. The van der Waals surface area contributed by atoms with Gasteiger partial charge >= 0.3 is 5.97 Å². The van der Waals surface area contributed by atoms with E-state index in [2.05, 4.69) is 9.46 Å². The molecule has 0 aliphatic rings. The quantitative estimate of drug-likeness (QED) is 0.647. The van der Waals surface area contributed by atoms with Gasteiger partial charge in [0.25, 0.3) is 0 Å². The van der Waals surface area contributed by atoms with E-state index in [1.807, 2.05) is 6.07 Å². The van der Waals surface area contributed by atoms with E-state index in [0.29, 0.717) is 6.42 Å². The Balaban J connectivity index is 4.07. The second-order valence-electron chi connectivity index (χ2n) is 3.21. The molecule has 0 bridgehead atoms. The molecule has 16 heavy (non-hydrogen) atoms. The van der Waals surface area contributed by atoms with Crippen LogP contribution in [0, 0.1) is 11.3 Å². The molecule has 1 N–H and O–H groups in total. The van der Waals surface area contributed by atoms with Crippen LogP contribution in [0.1, 0.15) is 26.2 Å². The molecular formula is C9H16N2O4S. The Morgan fingerprint density at radius 1 is 1.56 bits per heavy atom. The SMILES string of the molecule is CCC(C#N)NS(=O)(=O)CCCC(=O)OC. The smallest absolute Gasteiger partial charge is 0.305 e. The molecule has 7 heteroatoms. The highest BCUT2D eigenvalue weighted by atomic mass is 32.2. The number of nitrogens with one attached hydrogen (secondary N) is 1. The Morgan fingerprint density at radius 3 is 2.62 bits per heavy atom. The van der Waals surface area contributed by atoms with Gasteiger partial charge in [-0.1, -0.05) is 6.92 Å². The van der Waals surface area contributed by atoms with E-state index < -0.39 is 22.0 Å². The van der Waals surface area contributed by atoms with Crippen LogP contribution in [0.25, 0.3) is 0 Å². The summed E-state index contributed by atoms with van der Waals surface area (Å²) >= 11 is 0. The molecule has 0 aromatic carbocycles. The number of methoxy groups -OCH3 is 1. The zero-order valence-corrected chi connectivity index (χ0v) is 10.2. The third-order valence-corrected chi connectivity index (χ3v) is 3.38. The fourth-order valence-electron chi connectivity index (χ4n) is 0.985. The highest BCUT2D eigenvalue weighted by Gasteiger charge is 2.16. The van der Waals surface area contributed by atoms with Crippen molar-refractivity contribution in [2.24, 2.45) is 0 Å². The van der Waals surface area contributed by atoms with Gasteiger partial charge in [0.2, 0.25) is 10.0 Å². The second kappa shape index (κ2) is 7.19. The summed E-state index contributed by atoms with van der Waals surface area (Å²) < 4.78 is 29.5. The maximum atomic E-state index is 11.4. The van der Waals surface area contributed by atoms with Gasteiger partial charge in [0, 0.05) is 6.42 Å². The standard InChI is InChI=1S/C9H16N2O4S/c1-3-8(7-10)11-16(13,14)6-4-5-9(12)15-2/h8,11H,3-6H2,1-2H3. The third kappa shape index (κ3) is 6.37. The first kappa shape index (κ1) is 14.9. The zero-order chi connectivity index (χ0) is 12.6. The van der Waals surface area contributed by atoms with Crippen molar-refractivity contribution in [2.45, 2.75) is 32.2 Å². The average molecular weight is 248 g/mol. The molecule has 6 nitrogen and oxygen atoms in total. The van der Waals surface area contributed by atoms with E-state index in [4.69, 9.17) is 5.26 Å². The lowest BCUT2D eigenvalue weighted by Crippen LogP contribution is -2.35. The fraction of sp³-hybridized carbons (Fsp3) is 0.778. The number of hydrogen-bond donors (Lipinski definition) is 1. The number of ether oxygens (including phenoxy) is 1. The molecule has 1 unspecified atom stereocenters. The van der Waals surface area contributed by atoms with Gasteiger partial charge in [-0.25, -0.2) is 8.42 Å². The lowest BCUT2D eigenvalue weighted by Gasteiger charge is -2.09. The molecule has 1 atom stereocenters. The molecule has 0 aromatic rings. The van der Waals surface area contributed by atoms with Crippen molar-refractivity contribution in [3.8, 4) is 6.07 Å². The van der Waals surface area contributed by atoms with Gasteiger partial charge in [0.15, 0.2) is 0 Å². The maximum absolute atomic E-state index is 11.4. The van der Waals surface area contributed by atoms with Crippen LogP contribution in [0.5, 0.6) is 0 Å². The summed E-state index contributed by atoms with van der Waals surface area (Å²) in [7, 11) is -2.24. The Bertz CT molecular complexity index is 358. The van der Waals surface area contributed by atoms with Crippen LogP contribution in [0.2, 0.25) is 0 Å². The van der Waals surface area contributed by atoms with Crippen LogP contribution in [-0.2, 0) is 19.6 Å². The van der Waals surface area contributed by atoms with Gasteiger partial charge in [-0.05, 0) is 12.8 Å². The molecule has 0 radical (unpaired) electrons. The van der Waals surface area contributed by atoms with Crippen LogP contribution in [0.3, 0.4) is 0 Å². The number of nitriles is 1. The van der Waals surface area contributed by atoms with Crippen molar-refractivity contribution in [1.29, 1.82) is 5.26 Å². The number of sulfonamides is 1. The van der Waals surface area contributed by atoms with Gasteiger partial charge in [0.05, 0.1) is 18.9 Å². The van der Waals surface area contributed by atoms with Gasteiger partial charge < -0.3 is 4.74 Å². The summed E-state index contributed by atoms with van der Waals surface area (Å²) in [6, 6.07) is 1.13. The highest BCUT2D eigenvalue weighted by Crippen LogP contribution is 1.99. The summed E-state index contributed by atoms with van der Waals surface area (Å²) in [6.45, 7) is 1.71. The Hall–Kier alpha value is -1.13. The summed E-state index contributed by atoms with van der Waals surface area (Å²) in [5, 5.41) is 8.59. The van der Waals surface area contributed by atoms with E-state index in [-0.39, 0.29) is 18.6 Å². The number of carbonyl (C=O) groups is 1. The van der Waals surface area contributed by atoms with Gasteiger partial charge in [-0.2, -0.15) is 9.98 Å². The Kier molecular flexibility index (Phi) is 6.69. The number of rotatable bonds is 7. The summed E-state index contributed by atoms with van der Waals surface area (Å²) in [6.07, 6.45) is 0.650. The topological polar surface area (TPSA) is 96.3 Å². The van der Waals surface area contributed by atoms with Crippen molar-refractivity contribution in [3.05, 3.63) is 0 Å². The minimum Gasteiger partial charge on any atom is -0.469 e. The molecule has 0 saturated heterocycles. The van der Waals surface area contributed by atoms with Crippen molar-refractivity contribution < 1.29 is 17.9 Å². The largest absolute Gasteiger partial charge is 0.469 e. The first-order valence-electron chi connectivity index (χ1n) is 4.91. The monoisotopic (exact) mass is 248 g/mol. The molecule has 92 valence electrons. The molecule has 0 aromatic heterocycles. The van der Waals surface area contributed by atoms with E-state index in [0.717, 1.165) is 0 Å². The first-order chi connectivity index (χ1) is 7.45. The molecule has 0 aliphatic carbocycles. The van der Waals surface area contributed by atoms with E-state index >= 15 is 0 Å². The molecular weight excluding hydrogens is 232 g/mol. The number of esters is 1. The first-order valence-corrected chi connectivity index (χ1v) is 6.56. The molecule has 0 aliphatic heterocycles. The molecule has 0 fully saturated rings. The second-order valence-corrected chi connectivity index (χ2v) is 5.08. The van der Waals surface area contributed by atoms with Crippen molar-refractivity contribution in [1.82, 2.24) is 4.72 Å². The maximum Gasteiger partial charge on any atom is 0.305 e. The fourth-order valence-corrected chi connectivity index (χ4v) is 2.28. The van der Waals surface area contributed by atoms with Gasteiger partial charge in [-0.15, -0.1) is 0 Å². The van der Waals surface area contributed by atoms with E-state index in [1.165, 1.54) is 7.11 Å². The highest BCUT2D eigenvalue weighted by molar-refractivity contribution is 7.89. The predicted octanol–water partition coefficient (Wildman–Crippen LogP) is 0.161. The Labute approximate surface area is 95.6 Å². The van der Waals surface area contributed by atoms with Crippen LogP contribution in [-0.4, -0.2) is 33.3 Å². The Morgan fingerprint density at radius 2 is 2.19 bits per heavy atom. The summed E-state index contributed by atoms with van der Waals surface area (Å²) in [5.74, 6) is -0.622. The lowest BCUT2D eigenvalue weighted by molar-refractivity contribution is -0.140. The average Bonchev–Trinajstić information content (AvgIpc) is 2.25. The van der Waals surface area contributed by atoms with Crippen molar-refractivity contribution >= 4 is 16.0 Å². The van der Waals surface area contributed by atoms with Gasteiger partial charge in [0.1, 0.15) is 6.04 Å². The van der Waals surface area contributed by atoms with Crippen LogP contribution >= 0.6 is 0 Å². The number of nitrogens with zero attached hydrogens (tertiary/aromatic N) is 1. The van der Waals surface area contributed by atoms with Crippen LogP contribution in [0.4, 0.5) is 0 Å². The third-order valence-electron chi connectivity index (χ3n) is 1.91. The molecule has 0 saturated carbocycles. The summed E-state index contributed by atoms with van der Waals surface area (Å²) in [5.41, 5.74) is 0. The lowest BCUT2D eigenvalue weighted by atomic mass is 10.3.